The SMILES string of the molecule is CC(C)[C@H](NC(=O)[C@H](CCCCNC(=O)CCOCCOCCOCCOCCOCCOCCN(CCOCCOCCOCCOCCOCCOCCN(C[C@H](O)[C@@H](O)[C@H](O)[C@H](O)CO)C[C@H](O)[C@@H](O)[C@H](O)[C@H](O)CO)C[C@H](O)[C@@H](O)[C@H](O)[C@H](O)CO)NC(=O)CCCCCN1C(=O)C=CC1=O)C(=O)N[C@@H](CCCNC(N)=O)C(=O)Nc1ccc(CO)cc1. The molecule has 2 rings (SSSR count). The third-order valence-corrected chi connectivity index (χ3v) is 19.5. The second-order valence-electron chi connectivity index (χ2n) is 30.1. The molecular formula is C81H146N10O36. The van der Waals surface area contributed by atoms with Gasteiger partial charge in [0.25, 0.3) is 11.8 Å². The summed E-state index contributed by atoms with van der Waals surface area (Å²) in [5, 5.41) is 175. The number of carbonyl (C=O) groups is 8. The van der Waals surface area contributed by atoms with E-state index in [4.69, 9.17) is 72.8 Å². The average molecular weight is 1840 g/mol. The second kappa shape index (κ2) is 73.1. The summed E-state index contributed by atoms with van der Waals surface area (Å²) < 4.78 is 66.9. The van der Waals surface area contributed by atoms with E-state index >= 15 is 0 Å². The Hall–Kier alpha value is -6.48. The van der Waals surface area contributed by atoms with Gasteiger partial charge in [-0.2, -0.15) is 0 Å². The highest BCUT2D eigenvalue weighted by Gasteiger charge is 2.37. The molecule has 24 N–H and O–H groups in total. The van der Waals surface area contributed by atoms with Gasteiger partial charge in [0.2, 0.25) is 29.5 Å². The van der Waals surface area contributed by atoms with E-state index in [0.717, 1.165) is 4.90 Å². The number of hydrogen-bond acceptors (Lipinski definition) is 38. The number of ether oxygens (including phenoxy) is 12. The maximum atomic E-state index is 14.1. The van der Waals surface area contributed by atoms with Crippen LogP contribution in [-0.4, -0.2) is 472 Å². The number of imide groups is 1. The topological polar surface area (TPSA) is 679 Å². The highest BCUT2D eigenvalue weighted by molar-refractivity contribution is 6.12. The van der Waals surface area contributed by atoms with Crippen LogP contribution in [-0.2, 0) is 97.0 Å². The van der Waals surface area contributed by atoms with Crippen molar-refractivity contribution < 1.29 is 177 Å². The first-order chi connectivity index (χ1) is 61.0. The van der Waals surface area contributed by atoms with E-state index in [9.17, 15) is 110 Å². The van der Waals surface area contributed by atoms with Crippen LogP contribution in [0.4, 0.5) is 10.5 Å². The number of urea groups is 1. The Labute approximate surface area is 740 Å². The molecule has 9 amide bonds. The Morgan fingerprint density at radius 3 is 1.13 bits per heavy atom. The van der Waals surface area contributed by atoms with Gasteiger partial charge in [0.05, 0.1) is 203 Å². The van der Waals surface area contributed by atoms with Gasteiger partial charge in [0, 0.05) is 89.6 Å². The van der Waals surface area contributed by atoms with Crippen LogP contribution in [0.5, 0.6) is 0 Å². The molecule has 0 aliphatic carbocycles. The van der Waals surface area contributed by atoms with Gasteiger partial charge >= 0.3 is 6.03 Å². The lowest BCUT2D eigenvalue weighted by atomic mass is 10.0. The van der Waals surface area contributed by atoms with Crippen LogP contribution >= 0.6 is 0 Å². The monoisotopic (exact) mass is 1830 g/mol. The molecule has 0 aromatic heterocycles. The molecule has 0 unspecified atom stereocenters. The van der Waals surface area contributed by atoms with E-state index in [1.807, 2.05) is 0 Å². The van der Waals surface area contributed by atoms with Gasteiger partial charge in [0.15, 0.2) is 0 Å². The van der Waals surface area contributed by atoms with E-state index in [-0.39, 0.29) is 223 Å². The van der Waals surface area contributed by atoms with Crippen molar-refractivity contribution in [3.05, 3.63) is 42.0 Å². The van der Waals surface area contributed by atoms with Gasteiger partial charge in [0.1, 0.15) is 73.1 Å². The van der Waals surface area contributed by atoms with Crippen LogP contribution in [0.3, 0.4) is 0 Å². The first-order valence-electron chi connectivity index (χ1n) is 43.1. The minimum Gasteiger partial charge on any atom is -0.394 e. The number of primary amides is 1. The van der Waals surface area contributed by atoms with Gasteiger partial charge < -0.3 is 176 Å². The molecule has 1 heterocycles. The fourth-order valence-electron chi connectivity index (χ4n) is 12.0. The summed E-state index contributed by atoms with van der Waals surface area (Å²) in [6, 6.07) is 2.24. The highest BCUT2D eigenvalue weighted by atomic mass is 16.6. The lowest BCUT2D eigenvalue weighted by Gasteiger charge is -2.33. The molecule has 46 heteroatoms. The molecule has 0 saturated carbocycles. The Morgan fingerprint density at radius 2 is 0.740 bits per heavy atom. The number of rotatable bonds is 84. The molecule has 127 heavy (non-hydrogen) atoms. The molecule has 46 nitrogen and oxygen atoms in total. The minimum absolute atomic E-state index is 0.0143. The quantitative estimate of drug-likeness (QED) is 0.0213. The molecule has 0 saturated heterocycles. The molecule has 1 aliphatic heterocycles. The predicted octanol–water partition coefficient (Wildman–Crippen LogP) is -9.05. The van der Waals surface area contributed by atoms with Gasteiger partial charge in [-0.3, -0.25) is 48.3 Å². The number of anilines is 1. The van der Waals surface area contributed by atoms with Crippen LogP contribution in [0.1, 0.15) is 83.6 Å². The summed E-state index contributed by atoms with van der Waals surface area (Å²) in [5.74, 6) is -3.96. The molecule has 1 aromatic rings. The van der Waals surface area contributed by atoms with Crippen LogP contribution in [0.25, 0.3) is 0 Å². The summed E-state index contributed by atoms with van der Waals surface area (Å²) in [5.41, 5.74) is 6.22. The third kappa shape index (κ3) is 54.8. The van der Waals surface area contributed by atoms with Crippen LogP contribution in [0, 0.1) is 5.92 Å². The molecule has 1 aromatic carbocycles. The number of aliphatic hydroxyl groups excluding tert-OH is 16. The van der Waals surface area contributed by atoms with E-state index in [2.05, 4.69) is 31.9 Å². The van der Waals surface area contributed by atoms with Crippen molar-refractivity contribution in [3.63, 3.8) is 0 Å². The van der Waals surface area contributed by atoms with E-state index in [1.165, 1.54) is 17.1 Å². The third-order valence-electron chi connectivity index (χ3n) is 19.5. The van der Waals surface area contributed by atoms with Crippen molar-refractivity contribution in [3.8, 4) is 0 Å². The number of aliphatic hydroxyl groups is 16. The molecule has 0 fully saturated rings. The average Bonchev–Trinajstić information content (AvgIpc) is 1.86. The fourth-order valence-corrected chi connectivity index (χ4v) is 12.0. The van der Waals surface area contributed by atoms with Gasteiger partial charge in [-0.1, -0.05) is 32.4 Å². The lowest BCUT2D eigenvalue weighted by Crippen LogP contribution is -2.57. The maximum absolute atomic E-state index is 14.1. The zero-order valence-electron chi connectivity index (χ0n) is 73.2. The van der Waals surface area contributed by atoms with E-state index in [0.29, 0.717) is 69.8 Å². The zero-order chi connectivity index (χ0) is 93.9. The number of hydrogen-bond donors (Lipinski definition) is 23. The zero-order valence-corrected chi connectivity index (χ0v) is 73.2. The number of unbranched alkanes of at least 4 members (excludes halogenated alkanes) is 3. The number of nitrogens with zero attached hydrogens (tertiary/aromatic N) is 3. The number of nitrogens with two attached hydrogens (primary N) is 1. The second-order valence-corrected chi connectivity index (χ2v) is 30.1. The Kier molecular flexibility index (Phi) is 67.1. The number of nitrogens with one attached hydrogen (secondary N) is 6. The van der Waals surface area contributed by atoms with Crippen molar-refractivity contribution in [2.45, 2.75) is 176 Å². The molecule has 0 spiro atoms. The smallest absolute Gasteiger partial charge is 0.312 e. The van der Waals surface area contributed by atoms with Gasteiger partial charge in [-0.25, -0.2) is 4.79 Å². The fraction of sp³-hybridized carbons (Fsp3) is 0.802. The van der Waals surface area contributed by atoms with Gasteiger partial charge in [-0.15, -0.1) is 0 Å². The Bertz CT molecular complexity index is 3030. The predicted molar refractivity (Wildman–Crippen MR) is 450 cm³/mol. The lowest BCUT2D eigenvalue weighted by molar-refractivity contribution is -0.137. The Morgan fingerprint density at radius 1 is 0.378 bits per heavy atom. The molecule has 15 atom stereocenters. The summed E-state index contributed by atoms with van der Waals surface area (Å²) in [6.07, 6.45) is -16.3. The van der Waals surface area contributed by atoms with Crippen molar-refractivity contribution in [1.29, 1.82) is 0 Å². The van der Waals surface area contributed by atoms with Crippen LogP contribution in [0.2, 0.25) is 0 Å². The minimum atomic E-state index is -1.92. The number of benzene rings is 1. The van der Waals surface area contributed by atoms with Crippen molar-refractivity contribution >= 4 is 53.1 Å². The molecule has 0 radical (unpaired) electrons. The van der Waals surface area contributed by atoms with E-state index in [1.54, 1.807) is 43.0 Å². The first kappa shape index (κ1) is 117. The standard InChI is InChI=1S/C81H146N10O36/c1-56(2)71(80(114)87-60(10-8-20-84-81(82)115)78(112)85-58-14-12-57(52-92)13-15-58)88-79(113)59(86-68(103)11-4-3-7-21-91-69(104)16-17-70(91)105)9-5-6-19-83-67(102)18-25-116-29-33-120-37-41-124-45-46-125-42-38-121-34-30-117-26-22-89(49-61(96)72(106)75(109)64(99)53-93)23-27-118-31-35-122-39-43-126-47-48-127-44-40-123-36-32-119-28-24-90(50-62(97)73(107)76(110)65(100)54-94)51-63(98)74(108)77(111)66(101)55-95/h12-17,56,59-66,71-77,92-101,106-111H,3-11,18-55H2,1-2H3,(H,83,102)(H,85,112)(H,86,103)(H,87,114)(H,88,113)(H3,82,84,115)/t59-,60-,61-,62-,63-,64+,65+,66+,71-,72+,73+,74+,75+,76+,77+/m0/s1. The highest BCUT2D eigenvalue weighted by Crippen LogP contribution is 2.17. The number of carbonyl (C=O) groups excluding carboxylic acids is 8. The summed E-state index contributed by atoms with van der Waals surface area (Å²) in [6.45, 7) is 6.14. The summed E-state index contributed by atoms with van der Waals surface area (Å²) >= 11 is 0. The Balaban J connectivity index is 1.62. The summed E-state index contributed by atoms with van der Waals surface area (Å²) in [4.78, 5) is 107. The molecular weight excluding hydrogens is 1690 g/mol. The molecule has 0 bridgehead atoms. The first-order valence-corrected chi connectivity index (χ1v) is 43.1. The van der Waals surface area contributed by atoms with Crippen molar-refractivity contribution in [2.24, 2.45) is 11.7 Å². The summed E-state index contributed by atoms with van der Waals surface area (Å²) in [7, 11) is 0. The molecule has 736 valence electrons. The molecule has 1 aliphatic rings. The normalized spacial score (nSPS) is 16.0. The maximum Gasteiger partial charge on any atom is 0.312 e. The van der Waals surface area contributed by atoms with E-state index < -0.39 is 172 Å². The largest absolute Gasteiger partial charge is 0.394 e. The van der Waals surface area contributed by atoms with Crippen LogP contribution in [0.15, 0.2) is 36.4 Å². The van der Waals surface area contributed by atoms with Crippen LogP contribution < -0.4 is 37.6 Å². The van der Waals surface area contributed by atoms with Gasteiger partial charge in [-0.05, 0) is 68.6 Å². The number of amides is 9. The van der Waals surface area contributed by atoms with Crippen molar-refractivity contribution in [2.75, 3.05) is 243 Å². The van der Waals surface area contributed by atoms with Crippen molar-refractivity contribution in [1.82, 2.24) is 41.3 Å².